The molecule has 0 aliphatic heterocycles. The second-order valence-corrected chi connectivity index (χ2v) is 8.74. The van der Waals surface area contributed by atoms with Gasteiger partial charge in [-0.15, -0.1) is 11.3 Å². The minimum Gasteiger partial charge on any atom is -0.481 e. The van der Waals surface area contributed by atoms with Gasteiger partial charge in [-0.05, 0) is 17.5 Å². The number of carboxylic acids is 1. The van der Waals surface area contributed by atoms with E-state index >= 15 is 0 Å². The van der Waals surface area contributed by atoms with E-state index in [4.69, 9.17) is 9.72 Å². The molecule has 0 saturated carbocycles. The number of ether oxygens (including phenoxy) is 1. The number of nitrogens with zero attached hydrogens (tertiary/aromatic N) is 4. The molecule has 9 heteroatoms. The minimum absolute atomic E-state index is 0.253. The zero-order valence-corrected chi connectivity index (χ0v) is 20.1. The summed E-state index contributed by atoms with van der Waals surface area (Å²) < 4.78 is 5.05. The van der Waals surface area contributed by atoms with Crippen LogP contribution in [0.4, 0.5) is 5.13 Å². The SMILES string of the molecule is COc1ncc(-c2ccccc2-c2csc(N(C)C(=O)C(CC(=O)O)Cc3ccccc3)n2)cn1. The predicted molar refractivity (Wildman–Crippen MR) is 134 cm³/mol. The number of carbonyl (C=O) groups is 2. The molecule has 4 aromatic rings. The molecule has 178 valence electrons. The van der Waals surface area contributed by atoms with E-state index in [1.807, 2.05) is 60.0 Å². The summed E-state index contributed by atoms with van der Waals surface area (Å²) in [5.74, 6) is -1.99. The van der Waals surface area contributed by atoms with Crippen LogP contribution in [0.15, 0.2) is 72.4 Å². The van der Waals surface area contributed by atoms with Crippen molar-refractivity contribution >= 4 is 28.3 Å². The molecule has 0 radical (unpaired) electrons. The molecule has 4 rings (SSSR count). The molecule has 2 aromatic carbocycles. The van der Waals surface area contributed by atoms with Crippen LogP contribution in [0.5, 0.6) is 6.01 Å². The number of carbonyl (C=O) groups excluding carboxylic acids is 1. The number of hydrogen-bond donors (Lipinski definition) is 1. The predicted octanol–water partition coefficient (Wildman–Crippen LogP) is 4.57. The van der Waals surface area contributed by atoms with Crippen LogP contribution in [0.2, 0.25) is 0 Å². The summed E-state index contributed by atoms with van der Waals surface area (Å²) in [5.41, 5.74) is 4.19. The fraction of sp³-hybridized carbons (Fsp3) is 0.192. The van der Waals surface area contributed by atoms with Crippen molar-refractivity contribution in [1.29, 1.82) is 0 Å². The number of aliphatic carboxylic acids is 1. The number of thiazole rings is 1. The zero-order valence-electron chi connectivity index (χ0n) is 19.3. The molecule has 35 heavy (non-hydrogen) atoms. The van der Waals surface area contributed by atoms with E-state index in [2.05, 4.69) is 9.97 Å². The summed E-state index contributed by atoms with van der Waals surface area (Å²) in [7, 11) is 3.15. The van der Waals surface area contributed by atoms with Crippen LogP contribution < -0.4 is 9.64 Å². The Balaban J connectivity index is 1.59. The second kappa shape index (κ2) is 10.9. The first-order valence-corrected chi connectivity index (χ1v) is 11.8. The molecule has 1 unspecified atom stereocenters. The smallest absolute Gasteiger partial charge is 0.316 e. The summed E-state index contributed by atoms with van der Waals surface area (Å²) >= 11 is 1.33. The number of rotatable bonds is 9. The van der Waals surface area contributed by atoms with Gasteiger partial charge in [0.2, 0.25) is 5.91 Å². The van der Waals surface area contributed by atoms with E-state index in [1.54, 1.807) is 19.4 Å². The number of aromatic nitrogens is 3. The van der Waals surface area contributed by atoms with Crippen LogP contribution in [0.1, 0.15) is 12.0 Å². The highest BCUT2D eigenvalue weighted by molar-refractivity contribution is 7.14. The van der Waals surface area contributed by atoms with E-state index in [9.17, 15) is 14.7 Å². The fourth-order valence-corrected chi connectivity index (χ4v) is 4.58. The molecule has 1 atom stereocenters. The number of benzene rings is 2. The lowest BCUT2D eigenvalue weighted by atomic mass is 9.95. The van der Waals surface area contributed by atoms with E-state index in [-0.39, 0.29) is 18.3 Å². The third kappa shape index (κ3) is 5.70. The summed E-state index contributed by atoms with van der Waals surface area (Å²) in [5, 5.41) is 11.8. The van der Waals surface area contributed by atoms with Gasteiger partial charge in [-0.3, -0.25) is 14.5 Å². The largest absolute Gasteiger partial charge is 0.481 e. The van der Waals surface area contributed by atoms with Gasteiger partial charge in [0.25, 0.3) is 0 Å². The van der Waals surface area contributed by atoms with Gasteiger partial charge < -0.3 is 9.84 Å². The van der Waals surface area contributed by atoms with E-state index in [0.29, 0.717) is 17.2 Å². The average molecular weight is 489 g/mol. The van der Waals surface area contributed by atoms with Crippen molar-refractivity contribution in [2.24, 2.45) is 5.92 Å². The molecular weight excluding hydrogens is 464 g/mol. The Morgan fingerprint density at radius 2 is 1.69 bits per heavy atom. The summed E-state index contributed by atoms with van der Waals surface area (Å²) in [6, 6.07) is 17.4. The van der Waals surface area contributed by atoms with Crippen molar-refractivity contribution in [3.8, 4) is 28.4 Å². The number of methoxy groups -OCH3 is 1. The van der Waals surface area contributed by atoms with Crippen LogP contribution in [-0.4, -0.2) is 46.1 Å². The normalized spacial score (nSPS) is 11.6. The highest BCUT2D eigenvalue weighted by atomic mass is 32.1. The molecule has 0 spiro atoms. The summed E-state index contributed by atoms with van der Waals surface area (Å²) in [6.45, 7) is 0. The van der Waals surface area contributed by atoms with E-state index in [1.165, 1.54) is 23.3 Å². The van der Waals surface area contributed by atoms with Gasteiger partial charge >= 0.3 is 12.0 Å². The Morgan fingerprint density at radius 1 is 1.03 bits per heavy atom. The Labute approximate surface area is 206 Å². The van der Waals surface area contributed by atoms with Gasteiger partial charge in [0.1, 0.15) is 0 Å². The van der Waals surface area contributed by atoms with Crippen LogP contribution in [0.3, 0.4) is 0 Å². The molecule has 0 bridgehead atoms. The molecular formula is C26H24N4O4S. The molecule has 2 aromatic heterocycles. The molecule has 2 heterocycles. The molecule has 0 aliphatic carbocycles. The third-order valence-corrected chi connectivity index (χ3v) is 6.45. The van der Waals surface area contributed by atoms with Gasteiger partial charge in [0.15, 0.2) is 5.13 Å². The Morgan fingerprint density at radius 3 is 2.34 bits per heavy atom. The van der Waals surface area contributed by atoms with Crippen molar-refractivity contribution in [1.82, 2.24) is 15.0 Å². The number of carboxylic acid groups (broad SMARTS) is 1. The van der Waals surface area contributed by atoms with Crippen LogP contribution in [0.25, 0.3) is 22.4 Å². The minimum atomic E-state index is -1.01. The Bertz CT molecular complexity index is 1310. The van der Waals surface area contributed by atoms with Gasteiger partial charge in [0, 0.05) is 35.9 Å². The van der Waals surface area contributed by atoms with Crippen molar-refractivity contribution < 1.29 is 19.4 Å². The molecule has 0 aliphatic rings. The number of anilines is 1. The van der Waals surface area contributed by atoms with Crippen molar-refractivity contribution in [3.63, 3.8) is 0 Å². The standard InChI is InChI=1S/C26H24N4O4S/c1-30(24(33)18(13-23(31)32)12-17-8-4-3-5-9-17)26-29-22(16-35-26)21-11-7-6-10-20(21)19-14-27-25(34-2)28-15-19/h3-11,14-16,18H,12-13H2,1-2H3,(H,31,32). The molecule has 0 fully saturated rings. The fourth-order valence-electron chi connectivity index (χ4n) is 3.79. The molecule has 1 amide bonds. The van der Waals surface area contributed by atoms with Crippen LogP contribution in [-0.2, 0) is 16.0 Å². The maximum absolute atomic E-state index is 13.3. The van der Waals surface area contributed by atoms with E-state index < -0.39 is 11.9 Å². The molecule has 0 saturated heterocycles. The van der Waals surface area contributed by atoms with Crippen molar-refractivity contribution in [3.05, 3.63) is 77.9 Å². The van der Waals surface area contributed by atoms with Gasteiger partial charge in [-0.2, -0.15) is 0 Å². The maximum Gasteiger partial charge on any atom is 0.316 e. The first-order chi connectivity index (χ1) is 17.0. The van der Waals surface area contributed by atoms with Crippen LogP contribution in [0, 0.1) is 5.92 Å². The molecule has 1 N–H and O–H groups in total. The monoisotopic (exact) mass is 488 g/mol. The van der Waals surface area contributed by atoms with Gasteiger partial charge in [-0.1, -0.05) is 54.6 Å². The summed E-state index contributed by atoms with van der Waals surface area (Å²) in [6.07, 6.45) is 3.47. The average Bonchev–Trinajstić information content (AvgIpc) is 3.38. The van der Waals surface area contributed by atoms with Gasteiger partial charge in [0.05, 0.1) is 25.1 Å². The number of amides is 1. The maximum atomic E-state index is 13.3. The van der Waals surface area contributed by atoms with E-state index in [0.717, 1.165) is 22.3 Å². The Kier molecular flexibility index (Phi) is 7.47. The second-order valence-electron chi connectivity index (χ2n) is 7.90. The van der Waals surface area contributed by atoms with Crippen molar-refractivity contribution in [2.45, 2.75) is 12.8 Å². The lowest BCUT2D eigenvalue weighted by molar-refractivity contribution is -0.140. The third-order valence-electron chi connectivity index (χ3n) is 5.53. The lowest BCUT2D eigenvalue weighted by Gasteiger charge is -2.21. The Hall–Kier alpha value is -4.11. The van der Waals surface area contributed by atoms with Crippen LogP contribution >= 0.6 is 11.3 Å². The quantitative estimate of drug-likeness (QED) is 0.368. The topological polar surface area (TPSA) is 106 Å². The number of hydrogen-bond acceptors (Lipinski definition) is 7. The first kappa shape index (κ1) is 24.0. The first-order valence-electron chi connectivity index (χ1n) is 10.9. The molecule has 8 nitrogen and oxygen atoms in total. The van der Waals surface area contributed by atoms with Crippen molar-refractivity contribution in [2.75, 3.05) is 19.1 Å². The van der Waals surface area contributed by atoms with Gasteiger partial charge in [-0.25, -0.2) is 15.0 Å². The highest BCUT2D eigenvalue weighted by Crippen LogP contribution is 2.34. The lowest BCUT2D eigenvalue weighted by Crippen LogP contribution is -2.35. The summed E-state index contributed by atoms with van der Waals surface area (Å²) in [4.78, 5) is 39.3. The zero-order chi connectivity index (χ0) is 24.8. The highest BCUT2D eigenvalue weighted by Gasteiger charge is 2.27.